The normalized spacial score (nSPS) is 12.4. The number of hydrogen-bond acceptors (Lipinski definition) is 6. The van der Waals surface area contributed by atoms with Crippen molar-refractivity contribution in [2.24, 2.45) is 0 Å². The Labute approximate surface area is 131 Å². The summed E-state index contributed by atoms with van der Waals surface area (Å²) < 4.78 is 15.6. The average Bonchev–Trinajstić information content (AvgIpc) is 2.43. The Morgan fingerprint density at radius 1 is 0.955 bits per heavy atom. The number of hydrogen-bond donors (Lipinski definition) is 2. The zero-order chi connectivity index (χ0) is 16.8. The predicted molar refractivity (Wildman–Crippen MR) is 79.6 cm³/mol. The summed E-state index contributed by atoms with van der Waals surface area (Å²) in [7, 11) is 0. The Balaban J connectivity index is 3.29. The van der Waals surface area contributed by atoms with Gasteiger partial charge < -0.3 is 24.4 Å². The molecular weight excluding hydrogens is 292 g/mol. The number of aliphatic carboxylic acids is 1. The van der Waals surface area contributed by atoms with Gasteiger partial charge >= 0.3 is 11.9 Å². The second-order valence-corrected chi connectivity index (χ2v) is 5.23. The van der Waals surface area contributed by atoms with E-state index in [1.54, 1.807) is 0 Å². The highest BCUT2D eigenvalue weighted by molar-refractivity contribution is 5.80. The fourth-order valence-electron chi connectivity index (χ4n) is 1.55. The highest BCUT2D eigenvalue weighted by Crippen LogP contribution is 1.99. The van der Waals surface area contributed by atoms with E-state index < -0.39 is 24.5 Å². The van der Waals surface area contributed by atoms with Crippen molar-refractivity contribution < 1.29 is 34.0 Å². The largest absolute Gasteiger partial charge is 0.481 e. The first kappa shape index (κ1) is 20.8. The van der Waals surface area contributed by atoms with Gasteiger partial charge in [-0.1, -0.05) is 0 Å². The van der Waals surface area contributed by atoms with Gasteiger partial charge in [0.15, 0.2) is 6.10 Å². The quantitative estimate of drug-likeness (QED) is 0.368. The topological polar surface area (TPSA) is 102 Å². The van der Waals surface area contributed by atoms with Crippen LogP contribution in [0.5, 0.6) is 0 Å². The Kier molecular flexibility index (Phi) is 12.8. The second kappa shape index (κ2) is 13.5. The molecule has 0 saturated heterocycles. The van der Waals surface area contributed by atoms with Gasteiger partial charge in [0.25, 0.3) is 0 Å². The molecule has 130 valence electrons. The first-order valence-electron chi connectivity index (χ1n) is 7.69. The second-order valence-electron chi connectivity index (χ2n) is 5.23. The summed E-state index contributed by atoms with van der Waals surface area (Å²) in [5, 5.41) is 17.6. The Hall–Kier alpha value is -1.18. The van der Waals surface area contributed by atoms with E-state index in [2.05, 4.69) is 0 Å². The van der Waals surface area contributed by atoms with Crippen molar-refractivity contribution >= 4 is 11.9 Å². The third-order valence-electron chi connectivity index (χ3n) is 2.70. The summed E-state index contributed by atoms with van der Waals surface area (Å²) in [6.45, 7) is 6.17. The number of aliphatic hydroxyl groups is 1. The number of unbranched alkanes of at least 4 members (excludes halogenated alkanes) is 2. The minimum absolute atomic E-state index is 0.154. The lowest BCUT2D eigenvalue weighted by atomic mass is 10.2. The zero-order valence-corrected chi connectivity index (χ0v) is 13.5. The number of rotatable bonds is 14. The lowest BCUT2D eigenvalue weighted by Crippen LogP contribution is -2.26. The lowest BCUT2D eigenvalue weighted by molar-refractivity contribution is -0.158. The van der Waals surface area contributed by atoms with E-state index >= 15 is 0 Å². The summed E-state index contributed by atoms with van der Waals surface area (Å²) in [4.78, 5) is 21.5. The molecule has 0 aromatic heterocycles. The van der Waals surface area contributed by atoms with Gasteiger partial charge in [0, 0.05) is 19.8 Å². The molecule has 0 fully saturated rings. The van der Waals surface area contributed by atoms with E-state index in [0.29, 0.717) is 19.6 Å². The molecule has 0 radical (unpaired) electrons. The molecule has 0 aliphatic rings. The molecule has 22 heavy (non-hydrogen) atoms. The number of esters is 1. The molecule has 0 amide bonds. The van der Waals surface area contributed by atoms with E-state index in [1.807, 2.05) is 13.8 Å². The first-order chi connectivity index (χ1) is 10.4. The molecule has 1 unspecified atom stereocenters. The fraction of sp³-hybridized carbons (Fsp3) is 0.867. The van der Waals surface area contributed by atoms with Crippen molar-refractivity contribution in [3.63, 3.8) is 0 Å². The van der Waals surface area contributed by atoms with E-state index in [4.69, 9.17) is 19.3 Å². The smallest absolute Gasteiger partial charge is 0.335 e. The predicted octanol–water partition coefficient (Wildman–Crippen LogP) is 1.37. The molecule has 7 heteroatoms. The molecule has 0 aliphatic carbocycles. The Morgan fingerprint density at radius 2 is 1.50 bits per heavy atom. The fourth-order valence-corrected chi connectivity index (χ4v) is 1.55. The molecular formula is C15H28O7. The number of carbonyl (C=O) groups is 2. The maximum absolute atomic E-state index is 11.2. The molecule has 0 spiro atoms. The van der Waals surface area contributed by atoms with Crippen LogP contribution < -0.4 is 0 Å². The minimum atomic E-state index is -1.60. The molecule has 2 N–H and O–H groups in total. The van der Waals surface area contributed by atoms with Crippen LogP contribution in [0.25, 0.3) is 0 Å². The van der Waals surface area contributed by atoms with Crippen molar-refractivity contribution in [3.05, 3.63) is 0 Å². The third-order valence-corrected chi connectivity index (χ3v) is 2.70. The monoisotopic (exact) mass is 320 g/mol. The van der Waals surface area contributed by atoms with Crippen LogP contribution in [0.4, 0.5) is 0 Å². The molecule has 0 aromatic rings. The van der Waals surface area contributed by atoms with Gasteiger partial charge in [-0.05, 0) is 39.5 Å². The van der Waals surface area contributed by atoms with Gasteiger partial charge in [0.1, 0.15) is 0 Å². The van der Waals surface area contributed by atoms with E-state index in [9.17, 15) is 14.7 Å². The maximum Gasteiger partial charge on any atom is 0.335 e. The molecule has 7 nitrogen and oxygen atoms in total. The van der Waals surface area contributed by atoms with Crippen LogP contribution in [0.2, 0.25) is 0 Å². The molecule has 0 aromatic carbocycles. The number of ether oxygens (including phenoxy) is 3. The summed E-state index contributed by atoms with van der Waals surface area (Å²) in [5.74, 6) is -2.13. The molecule has 0 heterocycles. The van der Waals surface area contributed by atoms with Crippen molar-refractivity contribution in [1.29, 1.82) is 0 Å². The van der Waals surface area contributed by atoms with Crippen LogP contribution in [0.3, 0.4) is 0 Å². The van der Waals surface area contributed by atoms with Gasteiger partial charge in [0.05, 0.1) is 19.1 Å². The molecule has 0 aliphatic heterocycles. The van der Waals surface area contributed by atoms with Crippen LogP contribution >= 0.6 is 0 Å². The van der Waals surface area contributed by atoms with Crippen LogP contribution in [-0.2, 0) is 23.8 Å². The molecule has 0 saturated carbocycles. The third kappa shape index (κ3) is 13.8. The van der Waals surface area contributed by atoms with Crippen LogP contribution in [0.15, 0.2) is 0 Å². The van der Waals surface area contributed by atoms with Gasteiger partial charge in [-0.15, -0.1) is 0 Å². The number of carbonyl (C=O) groups excluding carboxylic acids is 1. The average molecular weight is 320 g/mol. The van der Waals surface area contributed by atoms with Gasteiger partial charge in [-0.3, -0.25) is 4.79 Å². The van der Waals surface area contributed by atoms with Crippen LogP contribution in [-0.4, -0.2) is 60.8 Å². The molecule has 1 atom stereocenters. The summed E-state index contributed by atoms with van der Waals surface area (Å²) in [6, 6.07) is 0. The van der Waals surface area contributed by atoms with Crippen LogP contribution in [0.1, 0.15) is 46.0 Å². The van der Waals surface area contributed by atoms with Gasteiger partial charge in [0.2, 0.25) is 0 Å². The minimum Gasteiger partial charge on any atom is -0.481 e. The van der Waals surface area contributed by atoms with Crippen LogP contribution in [0, 0.1) is 0 Å². The zero-order valence-electron chi connectivity index (χ0n) is 13.5. The van der Waals surface area contributed by atoms with Gasteiger partial charge in [-0.25, -0.2) is 4.79 Å². The summed E-state index contributed by atoms with van der Waals surface area (Å²) in [6.07, 6.45) is 1.30. The number of aliphatic hydroxyl groups excluding tert-OH is 1. The lowest BCUT2D eigenvalue weighted by Gasteiger charge is -2.09. The SMILES string of the molecule is CC(C)OCCCCOCCCCOC(=O)C(O)CC(=O)O. The van der Waals surface area contributed by atoms with Crippen molar-refractivity contribution in [1.82, 2.24) is 0 Å². The van der Waals surface area contributed by atoms with Gasteiger partial charge in [-0.2, -0.15) is 0 Å². The van der Waals surface area contributed by atoms with Crippen molar-refractivity contribution in [2.45, 2.75) is 58.2 Å². The Morgan fingerprint density at radius 3 is 2.05 bits per heavy atom. The summed E-state index contributed by atoms with van der Waals surface area (Å²) >= 11 is 0. The Bertz CT molecular complexity index is 304. The summed E-state index contributed by atoms with van der Waals surface area (Å²) in [5.41, 5.74) is 0. The molecule has 0 rings (SSSR count). The van der Waals surface area contributed by atoms with E-state index in [-0.39, 0.29) is 12.7 Å². The molecule has 0 bridgehead atoms. The number of carboxylic acids is 1. The highest BCUT2D eigenvalue weighted by atomic mass is 16.5. The maximum atomic E-state index is 11.2. The van der Waals surface area contributed by atoms with Crippen molar-refractivity contribution in [3.8, 4) is 0 Å². The number of carboxylic acid groups (broad SMARTS) is 1. The van der Waals surface area contributed by atoms with E-state index in [0.717, 1.165) is 25.9 Å². The standard InChI is InChI=1S/C15H28O7/c1-12(2)21-9-5-3-7-20-8-4-6-10-22-15(19)13(16)11-14(17)18/h12-13,16H,3-11H2,1-2H3,(H,17,18). The highest BCUT2D eigenvalue weighted by Gasteiger charge is 2.19. The van der Waals surface area contributed by atoms with E-state index in [1.165, 1.54) is 0 Å². The first-order valence-corrected chi connectivity index (χ1v) is 7.69. The van der Waals surface area contributed by atoms with Crippen molar-refractivity contribution in [2.75, 3.05) is 26.4 Å².